The first-order chi connectivity index (χ1) is 16.7. The second-order valence-corrected chi connectivity index (χ2v) is 9.81. The van der Waals surface area contributed by atoms with Crippen LogP contribution in [0.15, 0.2) is 30.6 Å². The number of hydrogen-bond acceptors (Lipinski definition) is 8. The Kier molecular flexibility index (Phi) is 5.70. The fraction of sp³-hybridized carbons (Fsp3) is 0.458. The highest BCUT2D eigenvalue weighted by molar-refractivity contribution is 6.01. The minimum atomic E-state index is -0.667. The molecule has 35 heavy (non-hydrogen) atoms. The van der Waals surface area contributed by atoms with E-state index in [0.717, 1.165) is 25.7 Å². The number of ether oxygens (including phenoxy) is 2. The first kappa shape index (κ1) is 22.9. The van der Waals surface area contributed by atoms with Crippen molar-refractivity contribution in [2.45, 2.75) is 64.1 Å². The summed E-state index contributed by atoms with van der Waals surface area (Å²) in [6.07, 6.45) is 6.25. The molecule has 3 heterocycles. The average Bonchev–Trinajstić information content (AvgIpc) is 3.73. The zero-order chi connectivity index (χ0) is 24.7. The monoisotopic (exact) mass is 479 g/mol. The second-order valence-electron chi connectivity index (χ2n) is 9.81. The van der Waals surface area contributed by atoms with Crippen molar-refractivity contribution >= 4 is 35.0 Å². The summed E-state index contributed by atoms with van der Waals surface area (Å²) in [7, 11) is 1.53. The first-order valence-corrected chi connectivity index (χ1v) is 11.7. The fourth-order valence-electron chi connectivity index (χ4n) is 3.69. The number of nitrogens with one attached hydrogen (secondary N) is 2. The Balaban J connectivity index is 1.61. The summed E-state index contributed by atoms with van der Waals surface area (Å²) in [6, 6.07) is 5.46. The van der Waals surface area contributed by atoms with E-state index in [-0.39, 0.29) is 18.0 Å². The summed E-state index contributed by atoms with van der Waals surface area (Å²) in [5, 5.41) is 10.6. The number of pyridine rings is 1. The SMILES string of the molecule is COc1ncccc1Nc1cc(N(C(=O)OC(C)(C)C)C2CC2)n2ncc(C(=O)NC3CC3)c2n1. The summed E-state index contributed by atoms with van der Waals surface area (Å²) < 4.78 is 12.6. The number of aromatic nitrogens is 4. The first-order valence-electron chi connectivity index (χ1n) is 11.7. The highest BCUT2D eigenvalue weighted by Gasteiger charge is 2.39. The molecule has 0 aliphatic heterocycles. The van der Waals surface area contributed by atoms with Gasteiger partial charge in [-0.15, -0.1) is 0 Å². The predicted molar refractivity (Wildman–Crippen MR) is 129 cm³/mol. The van der Waals surface area contributed by atoms with Gasteiger partial charge in [0, 0.05) is 24.3 Å². The van der Waals surface area contributed by atoms with E-state index in [2.05, 4.69) is 25.7 Å². The van der Waals surface area contributed by atoms with Crippen molar-refractivity contribution in [3.63, 3.8) is 0 Å². The van der Waals surface area contributed by atoms with E-state index in [1.165, 1.54) is 17.8 Å². The maximum atomic E-state index is 13.3. The summed E-state index contributed by atoms with van der Waals surface area (Å²) in [4.78, 5) is 36.7. The predicted octanol–water partition coefficient (Wildman–Crippen LogP) is 3.67. The number of nitrogens with zero attached hydrogens (tertiary/aromatic N) is 5. The number of methoxy groups -OCH3 is 1. The van der Waals surface area contributed by atoms with Crippen molar-refractivity contribution in [1.29, 1.82) is 0 Å². The summed E-state index contributed by atoms with van der Waals surface area (Å²) in [5.74, 6) is 1.02. The van der Waals surface area contributed by atoms with Crippen molar-refractivity contribution < 1.29 is 19.1 Å². The van der Waals surface area contributed by atoms with E-state index in [1.54, 1.807) is 29.3 Å². The summed E-state index contributed by atoms with van der Waals surface area (Å²) in [6.45, 7) is 5.48. The molecule has 2 N–H and O–H groups in total. The number of rotatable bonds is 7. The quantitative estimate of drug-likeness (QED) is 0.526. The van der Waals surface area contributed by atoms with Crippen LogP contribution in [-0.4, -0.2) is 56.4 Å². The van der Waals surface area contributed by atoms with Gasteiger partial charge in [0.2, 0.25) is 5.88 Å². The lowest BCUT2D eigenvalue weighted by atomic mass is 10.2. The Bertz CT molecular complexity index is 1270. The largest absolute Gasteiger partial charge is 0.480 e. The van der Waals surface area contributed by atoms with Gasteiger partial charge in [-0.05, 0) is 58.6 Å². The Labute approximate surface area is 202 Å². The minimum Gasteiger partial charge on any atom is -0.480 e. The zero-order valence-electron chi connectivity index (χ0n) is 20.2. The molecule has 0 unspecified atom stereocenters. The Morgan fingerprint density at radius 2 is 1.97 bits per heavy atom. The Hall–Kier alpha value is -3.89. The molecule has 2 fully saturated rings. The van der Waals surface area contributed by atoms with Gasteiger partial charge in [-0.2, -0.15) is 9.61 Å². The number of carbonyl (C=O) groups is 2. The lowest BCUT2D eigenvalue weighted by molar-refractivity contribution is 0.0575. The van der Waals surface area contributed by atoms with Gasteiger partial charge >= 0.3 is 6.09 Å². The van der Waals surface area contributed by atoms with Gasteiger partial charge in [0.05, 0.1) is 13.3 Å². The lowest BCUT2D eigenvalue weighted by Crippen LogP contribution is -2.39. The van der Waals surface area contributed by atoms with Crippen molar-refractivity contribution in [3.05, 3.63) is 36.2 Å². The van der Waals surface area contributed by atoms with E-state index in [0.29, 0.717) is 34.4 Å². The van der Waals surface area contributed by atoms with Crippen LogP contribution < -0.4 is 20.3 Å². The number of amides is 2. The molecular weight excluding hydrogens is 450 g/mol. The average molecular weight is 480 g/mol. The van der Waals surface area contributed by atoms with Gasteiger partial charge in [-0.1, -0.05) is 0 Å². The van der Waals surface area contributed by atoms with Gasteiger partial charge in [-0.25, -0.2) is 14.8 Å². The molecule has 0 radical (unpaired) electrons. The number of hydrogen-bond donors (Lipinski definition) is 2. The third-order valence-electron chi connectivity index (χ3n) is 5.59. The van der Waals surface area contributed by atoms with Crippen molar-refractivity contribution in [2.75, 3.05) is 17.3 Å². The second kappa shape index (κ2) is 8.71. The van der Waals surface area contributed by atoms with Gasteiger partial charge in [0.15, 0.2) is 5.65 Å². The van der Waals surface area contributed by atoms with Crippen molar-refractivity contribution in [1.82, 2.24) is 24.9 Å². The molecule has 0 aromatic carbocycles. The topological polar surface area (TPSA) is 123 Å². The Morgan fingerprint density at radius 3 is 2.63 bits per heavy atom. The van der Waals surface area contributed by atoms with Crippen LogP contribution in [0.2, 0.25) is 0 Å². The molecular formula is C24H29N7O4. The number of anilines is 3. The molecule has 11 heteroatoms. The molecule has 0 saturated heterocycles. The van der Waals surface area contributed by atoms with Crippen LogP contribution >= 0.6 is 0 Å². The molecule has 2 saturated carbocycles. The highest BCUT2D eigenvalue weighted by atomic mass is 16.6. The smallest absolute Gasteiger partial charge is 0.416 e. The summed E-state index contributed by atoms with van der Waals surface area (Å²) in [5.41, 5.74) is 0.594. The molecule has 3 aromatic heterocycles. The molecule has 0 atom stereocenters. The van der Waals surface area contributed by atoms with Gasteiger partial charge < -0.3 is 20.1 Å². The van der Waals surface area contributed by atoms with Gasteiger partial charge in [0.1, 0.15) is 28.5 Å². The maximum absolute atomic E-state index is 13.3. The van der Waals surface area contributed by atoms with Crippen LogP contribution in [0.3, 0.4) is 0 Å². The van der Waals surface area contributed by atoms with Crippen LogP contribution in [0, 0.1) is 0 Å². The van der Waals surface area contributed by atoms with Gasteiger partial charge in [-0.3, -0.25) is 9.69 Å². The molecule has 0 spiro atoms. The molecule has 2 aliphatic carbocycles. The third-order valence-corrected chi connectivity index (χ3v) is 5.59. The van der Waals surface area contributed by atoms with Crippen LogP contribution in [0.5, 0.6) is 5.88 Å². The van der Waals surface area contributed by atoms with Crippen LogP contribution in [0.4, 0.5) is 22.1 Å². The van der Waals surface area contributed by atoms with E-state index < -0.39 is 11.7 Å². The standard InChI is InChI=1S/C24H29N7O4/c1-24(2,3)35-23(33)30(15-9-10-15)19-12-18(28-17-6-5-11-25-22(17)34-4)29-20-16(13-26-31(19)20)21(32)27-14-7-8-14/h5-6,11-15H,7-10H2,1-4H3,(H,27,32)(H,28,29). The maximum Gasteiger partial charge on any atom is 0.416 e. The molecule has 5 rings (SSSR count). The van der Waals surface area contributed by atoms with E-state index in [4.69, 9.17) is 9.47 Å². The number of fused-ring (bicyclic) bond motifs is 1. The molecule has 3 aromatic rings. The molecule has 2 aliphatic rings. The van der Waals surface area contributed by atoms with E-state index in [1.807, 2.05) is 20.8 Å². The zero-order valence-corrected chi connectivity index (χ0v) is 20.2. The molecule has 11 nitrogen and oxygen atoms in total. The molecule has 0 bridgehead atoms. The van der Waals surface area contributed by atoms with Crippen LogP contribution in [0.1, 0.15) is 56.8 Å². The lowest BCUT2D eigenvalue weighted by Gasteiger charge is -2.27. The molecule has 184 valence electrons. The third kappa shape index (κ3) is 4.98. The van der Waals surface area contributed by atoms with Crippen molar-refractivity contribution in [3.8, 4) is 5.88 Å². The Morgan fingerprint density at radius 1 is 1.20 bits per heavy atom. The van der Waals surface area contributed by atoms with E-state index >= 15 is 0 Å². The van der Waals surface area contributed by atoms with Gasteiger partial charge in [0.25, 0.3) is 5.91 Å². The normalized spacial score (nSPS) is 15.5. The summed E-state index contributed by atoms with van der Waals surface area (Å²) >= 11 is 0. The highest BCUT2D eigenvalue weighted by Crippen LogP contribution is 2.35. The molecule has 2 amide bonds. The number of carbonyl (C=O) groups excluding carboxylic acids is 2. The minimum absolute atomic E-state index is 0.0239. The van der Waals surface area contributed by atoms with E-state index in [9.17, 15) is 9.59 Å². The van der Waals surface area contributed by atoms with Crippen molar-refractivity contribution in [2.24, 2.45) is 0 Å². The van der Waals surface area contributed by atoms with Crippen LogP contribution in [0.25, 0.3) is 5.65 Å². The van der Waals surface area contributed by atoms with Crippen LogP contribution in [-0.2, 0) is 4.74 Å². The fourth-order valence-corrected chi connectivity index (χ4v) is 3.69.